The summed E-state index contributed by atoms with van der Waals surface area (Å²) in [6, 6.07) is 17.1. The van der Waals surface area contributed by atoms with Gasteiger partial charge in [0.25, 0.3) is 0 Å². The first-order valence-corrected chi connectivity index (χ1v) is 10.8. The van der Waals surface area contributed by atoms with Crippen LogP contribution in [0.5, 0.6) is 0 Å². The van der Waals surface area contributed by atoms with Crippen molar-refractivity contribution in [2.24, 2.45) is 0 Å². The molecule has 0 amide bonds. The van der Waals surface area contributed by atoms with Gasteiger partial charge in [0.15, 0.2) is 0 Å². The Morgan fingerprint density at radius 2 is 1.37 bits per heavy atom. The Morgan fingerprint density at radius 1 is 0.815 bits per heavy atom. The lowest BCUT2D eigenvalue weighted by atomic mass is 10.0. The van der Waals surface area contributed by atoms with Crippen molar-refractivity contribution in [1.82, 2.24) is 4.90 Å². The fourth-order valence-corrected chi connectivity index (χ4v) is 2.28. The fourth-order valence-electron chi connectivity index (χ4n) is 2.28. The standard InChI is InChI=1S/C14H23N.C7H8.C3H8.C2H6/c1-5-7-13-9-8-12(3)14(10-13)11-15(4)6-2;1-7-5-3-2-4-6-7;1-3-2;1-2/h8-10H,5-7,11H2,1-4H3;2-6H,1H3;3H2,1-2H3;1-2H3. The lowest BCUT2D eigenvalue weighted by Crippen LogP contribution is -2.17. The molecule has 0 fully saturated rings. The molecule has 0 aliphatic carbocycles. The molecule has 27 heavy (non-hydrogen) atoms. The lowest BCUT2D eigenvalue weighted by molar-refractivity contribution is 0.345. The normalized spacial score (nSPS) is 9.26. The highest BCUT2D eigenvalue weighted by atomic mass is 15.1. The smallest absolute Gasteiger partial charge is 0.0233 e. The maximum absolute atomic E-state index is 2.37. The Bertz CT molecular complexity index is 545. The number of hydrogen-bond acceptors (Lipinski definition) is 1. The molecule has 154 valence electrons. The van der Waals surface area contributed by atoms with Crippen LogP contribution in [-0.2, 0) is 13.0 Å². The van der Waals surface area contributed by atoms with Crippen molar-refractivity contribution in [3.63, 3.8) is 0 Å². The van der Waals surface area contributed by atoms with Gasteiger partial charge in [0.05, 0.1) is 0 Å². The van der Waals surface area contributed by atoms with Crippen LogP contribution < -0.4 is 0 Å². The third-order valence-electron chi connectivity index (χ3n) is 3.87. The number of rotatable bonds is 5. The van der Waals surface area contributed by atoms with Gasteiger partial charge in [-0.1, -0.05) is 108 Å². The van der Waals surface area contributed by atoms with Gasteiger partial charge in [0.2, 0.25) is 0 Å². The van der Waals surface area contributed by atoms with Crippen LogP contribution in [0.2, 0.25) is 0 Å². The first-order chi connectivity index (χ1) is 13.0. The van der Waals surface area contributed by atoms with Gasteiger partial charge in [-0.25, -0.2) is 0 Å². The van der Waals surface area contributed by atoms with Crippen molar-refractivity contribution >= 4 is 0 Å². The van der Waals surface area contributed by atoms with Crippen LogP contribution in [0.3, 0.4) is 0 Å². The predicted octanol–water partition coefficient (Wildman–Crippen LogP) is 7.84. The SMILES string of the molecule is CC.CCC.CCCc1ccc(C)c(CN(C)CC)c1.Cc1ccccc1. The topological polar surface area (TPSA) is 3.24 Å². The molecule has 0 atom stereocenters. The van der Waals surface area contributed by atoms with E-state index in [-0.39, 0.29) is 0 Å². The molecule has 0 aliphatic heterocycles. The van der Waals surface area contributed by atoms with Gasteiger partial charge in [-0.3, -0.25) is 0 Å². The average Bonchev–Trinajstić information content (AvgIpc) is 2.68. The lowest BCUT2D eigenvalue weighted by Gasteiger charge is -2.16. The summed E-state index contributed by atoms with van der Waals surface area (Å²) in [5, 5.41) is 0. The monoisotopic (exact) mass is 371 g/mol. The first-order valence-electron chi connectivity index (χ1n) is 10.8. The van der Waals surface area contributed by atoms with Crippen molar-refractivity contribution < 1.29 is 0 Å². The molecule has 0 unspecified atom stereocenters. The highest BCUT2D eigenvalue weighted by Crippen LogP contribution is 2.14. The predicted molar refractivity (Wildman–Crippen MR) is 126 cm³/mol. The Labute approximate surface area is 170 Å². The van der Waals surface area contributed by atoms with Gasteiger partial charge < -0.3 is 4.90 Å². The second-order valence-corrected chi connectivity index (χ2v) is 6.70. The molecule has 0 saturated carbocycles. The third kappa shape index (κ3) is 15.2. The van der Waals surface area contributed by atoms with E-state index in [1.165, 1.54) is 41.5 Å². The van der Waals surface area contributed by atoms with Crippen LogP contribution in [0.25, 0.3) is 0 Å². The van der Waals surface area contributed by atoms with Crippen molar-refractivity contribution in [3.8, 4) is 0 Å². The van der Waals surface area contributed by atoms with Crippen molar-refractivity contribution in [3.05, 3.63) is 70.8 Å². The van der Waals surface area contributed by atoms with Gasteiger partial charge in [-0.15, -0.1) is 0 Å². The number of aryl methyl sites for hydroxylation is 3. The van der Waals surface area contributed by atoms with Gasteiger partial charge in [-0.2, -0.15) is 0 Å². The van der Waals surface area contributed by atoms with Crippen LogP contribution >= 0.6 is 0 Å². The maximum Gasteiger partial charge on any atom is 0.0233 e. The van der Waals surface area contributed by atoms with Gasteiger partial charge >= 0.3 is 0 Å². The number of hydrogen-bond donors (Lipinski definition) is 0. The molecule has 1 nitrogen and oxygen atoms in total. The summed E-state index contributed by atoms with van der Waals surface area (Å²) in [5.74, 6) is 0. The Kier molecular flexibility index (Phi) is 19.6. The Hall–Kier alpha value is -1.60. The van der Waals surface area contributed by atoms with Crippen LogP contribution in [0.15, 0.2) is 48.5 Å². The fraction of sp³-hybridized carbons (Fsp3) is 0.538. The molecule has 0 spiro atoms. The van der Waals surface area contributed by atoms with E-state index in [1.807, 2.05) is 32.0 Å². The molecule has 0 saturated heterocycles. The van der Waals surface area contributed by atoms with Crippen LogP contribution in [0, 0.1) is 13.8 Å². The van der Waals surface area contributed by atoms with E-state index in [9.17, 15) is 0 Å². The molecule has 0 aliphatic rings. The summed E-state index contributed by atoms with van der Waals surface area (Å²) < 4.78 is 0. The molecular formula is C26H45N. The second kappa shape index (κ2) is 19.2. The van der Waals surface area contributed by atoms with E-state index in [1.54, 1.807) is 0 Å². The van der Waals surface area contributed by atoms with Crippen molar-refractivity contribution in [1.29, 1.82) is 0 Å². The average molecular weight is 372 g/mol. The quantitative estimate of drug-likeness (QED) is 0.517. The van der Waals surface area contributed by atoms with Crippen molar-refractivity contribution in [2.75, 3.05) is 13.6 Å². The zero-order valence-corrected chi connectivity index (χ0v) is 19.6. The van der Waals surface area contributed by atoms with Crippen molar-refractivity contribution in [2.45, 2.75) is 81.2 Å². The van der Waals surface area contributed by atoms with Gasteiger partial charge in [0.1, 0.15) is 0 Å². The summed E-state index contributed by atoms with van der Waals surface area (Å²) >= 11 is 0. The van der Waals surface area contributed by atoms with E-state index in [0.29, 0.717) is 0 Å². The van der Waals surface area contributed by atoms with E-state index in [2.05, 4.69) is 83.8 Å². The maximum atomic E-state index is 2.37. The van der Waals surface area contributed by atoms with Gasteiger partial charge in [-0.05, 0) is 50.6 Å². The van der Waals surface area contributed by atoms with E-state index >= 15 is 0 Å². The second-order valence-electron chi connectivity index (χ2n) is 6.70. The zero-order valence-electron chi connectivity index (χ0n) is 19.6. The first kappa shape index (κ1) is 27.6. The van der Waals surface area contributed by atoms with Crippen LogP contribution in [0.1, 0.15) is 76.6 Å². The molecule has 2 aromatic rings. The van der Waals surface area contributed by atoms with Crippen LogP contribution in [0.4, 0.5) is 0 Å². The Balaban J connectivity index is 0. The number of nitrogens with zero attached hydrogens (tertiary/aromatic N) is 1. The molecule has 2 aromatic carbocycles. The summed E-state index contributed by atoms with van der Waals surface area (Å²) in [6.45, 7) is 19.1. The summed E-state index contributed by atoms with van der Waals surface area (Å²) in [7, 11) is 2.17. The van der Waals surface area contributed by atoms with Crippen LogP contribution in [-0.4, -0.2) is 18.5 Å². The summed E-state index contributed by atoms with van der Waals surface area (Å²) in [6.07, 6.45) is 3.68. The minimum absolute atomic E-state index is 1.07. The number of benzene rings is 2. The third-order valence-corrected chi connectivity index (χ3v) is 3.87. The molecule has 0 radical (unpaired) electrons. The highest BCUT2D eigenvalue weighted by molar-refractivity contribution is 5.31. The minimum atomic E-state index is 1.07. The molecule has 0 N–H and O–H groups in total. The zero-order chi connectivity index (χ0) is 21.1. The minimum Gasteiger partial charge on any atom is -0.302 e. The molecule has 0 heterocycles. The highest BCUT2D eigenvalue weighted by Gasteiger charge is 2.02. The van der Waals surface area contributed by atoms with Gasteiger partial charge in [0, 0.05) is 6.54 Å². The largest absolute Gasteiger partial charge is 0.302 e. The molecule has 2 rings (SSSR count). The van der Waals surface area contributed by atoms with E-state index in [0.717, 1.165) is 13.1 Å². The molecule has 0 aromatic heterocycles. The molecular weight excluding hydrogens is 326 g/mol. The molecule has 0 bridgehead atoms. The molecule has 1 heteroatoms. The summed E-state index contributed by atoms with van der Waals surface area (Å²) in [4.78, 5) is 2.35. The van der Waals surface area contributed by atoms with E-state index in [4.69, 9.17) is 0 Å². The Morgan fingerprint density at radius 3 is 1.78 bits per heavy atom. The van der Waals surface area contributed by atoms with E-state index < -0.39 is 0 Å². The summed E-state index contributed by atoms with van der Waals surface area (Å²) in [5.41, 5.74) is 5.69.